The number of halogens is 3. The number of nitrogens with one attached hydrogen (secondary N) is 1. The number of guanidine groups is 1. The van der Waals surface area contributed by atoms with Gasteiger partial charge in [0.2, 0.25) is 12.2 Å². The van der Waals surface area contributed by atoms with E-state index in [1.54, 1.807) is 13.1 Å². The topological polar surface area (TPSA) is 95.4 Å². The molecule has 2 fully saturated rings. The van der Waals surface area contributed by atoms with E-state index in [2.05, 4.69) is 10.3 Å². The summed E-state index contributed by atoms with van der Waals surface area (Å²) in [5.74, 6) is 0.415. The second-order valence-corrected chi connectivity index (χ2v) is 10.5. The molecule has 0 aromatic carbocycles. The molecule has 8 nitrogen and oxygen atoms in total. The van der Waals surface area contributed by atoms with Crippen molar-refractivity contribution in [2.24, 2.45) is 10.4 Å². The van der Waals surface area contributed by atoms with Gasteiger partial charge in [0.25, 0.3) is 5.56 Å². The summed E-state index contributed by atoms with van der Waals surface area (Å²) in [6.07, 6.45) is -2.59. The van der Waals surface area contributed by atoms with E-state index in [1.165, 1.54) is 0 Å². The van der Waals surface area contributed by atoms with Crippen molar-refractivity contribution in [2.45, 2.75) is 65.3 Å². The van der Waals surface area contributed by atoms with Gasteiger partial charge in [0.1, 0.15) is 4.83 Å². The molecule has 2 aromatic rings. The lowest BCUT2D eigenvalue weighted by atomic mass is 9.68. The van der Waals surface area contributed by atoms with Crippen LogP contribution in [0.4, 0.5) is 13.2 Å². The van der Waals surface area contributed by atoms with Crippen LogP contribution in [-0.4, -0.2) is 39.3 Å². The van der Waals surface area contributed by atoms with Crippen LogP contribution in [0.15, 0.2) is 14.6 Å². The van der Waals surface area contributed by atoms with Gasteiger partial charge < -0.3 is 10.2 Å². The van der Waals surface area contributed by atoms with Crippen LogP contribution in [0.1, 0.15) is 49.6 Å². The third kappa shape index (κ3) is 4.38. The van der Waals surface area contributed by atoms with E-state index in [-0.39, 0.29) is 16.3 Å². The highest BCUT2D eigenvalue weighted by molar-refractivity contribution is 7.18. The van der Waals surface area contributed by atoms with Gasteiger partial charge in [-0.15, -0.1) is 16.3 Å². The second kappa shape index (κ2) is 8.20. The van der Waals surface area contributed by atoms with Crippen molar-refractivity contribution in [2.75, 3.05) is 13.1 Å². The molecule has 12 heteroatoms. The first-order chi connectivity index (χ1) is 15.4. The molecule has 1 saturated heterocycles. The Balaban J connectivity index is 1.84. The minimum atomic E-state index is -4.43. The fraction of sp³-hybridized carbons (Fsp3) is 0.619. The third-order valence-corrected chi connectivity index (χ3v) is 7.66. The minimum Gasteiger partial charge on any atom is -0.354 e. The molecule has 33 heavy (non-hydrogen) atoms. The van der Waals surface area contributed by atoms with Gasteiger partial charge in [-0.05, 0) is 30.7 Å². The van der Waals surface area contributed by atoms with Gasteiger partial charge >= 0.3 is 11.9 Å². The summed E-state index contributed by atoms with van der Waals surface area (Å²) in [5.41, 5.74) is -0.490. The zero-order chi connectivity index (χ0) is 24.1. The van der Waals surface area contributed by atoms with Gasteiger partial charge in [0.05, 0.1) is 18.4 Å². The number of aliphatic imine (C=N–C) groups is 1. The Bertz CT molecular complexity index is 1270. The summed E-state index contributed by atoms with van der Waals surface area (Å²) in [4.78, 5) is 33.3. The number of aryl methyl sites for hydroxylation is 2. The lowest BCUT2D eigenvalue weighted by Crippen LogP contribution is -2.48. The molecule has 1 saturated carbocycles. The van der Waals surface area contributed by atoms with Crippen molar-refractivity contribution >= 4 is 27.5 Å². The molecule has 0 atom stereocenters. The Morgan fingerprint density at radius 1 is 1.30 bits per heavy atom. The van der Waals surface area contributed by atoms with Gasteiger partial charge in [-0.3, -0.25) is 13.9 Å². The molecule has 0 unspecified atom stereocenters. The van der Waals surface area contributed by atoms with Gasteiger partial charge in [-0.25, -0.2) is 4.79 Å². The van der Waals surface area contributed by atoms with Crippen LogP contribution in [0, 0.1) is 23.8 Å². The van der Waals surface area contributed by atoms with Crippen molar-refractivity contribution < 1.29 is 13.2 Å². The number of rotatable bonds is 5. The summed E-state index contributed by atoms with van der Waals surface area (Å²) >= 11 is 1.16. The van der Waals surface area contributed by atoms with Gasteiger partial charge in [-0.2, -0.15) is 18.4 Å². The van der Waals surface area contributed by atoms with E-state index in [0.29, 0.717) is 49.4 Å². The van der Waals surface area contributed by atoms with Gasteiger partial charge in [-0.1, -0.05) is 13.8 Å². The Labute approximate surface area is 191 Å². The predicted molar refractivity (Wildman–Crippen MR) is 119 cm³/mol. The highest BCUT2D eigenvalue weighted by atomic mass is 32.1. The molecule has 2 aliphatic rings. The van der Waals surface area contributed by atoms with E-state index in [4.69, 9.17) is 5.26 Å². The maximum atomic E-state index is 13.4. The highest BCUT2D eigenvalue weighted by Gasteiger charge is 2.40. The summed E-state index contributed by atoms with van der Waals surface area (Å²) in [6.45, 7) is 6.82. The van der Waals surface area contributed by atoms with Crippen LogP contribution < -0.4 is 16.6 Å². The SMILES string of the molecule is Cc1c(CN2CCN/C2=N\C#N)sc2c1c(=O)n(C1CC(C)(C)C1)c(=O)n2CCC(F)(F)F. The number of thiophene rings is 1. The van der Waals surface area contributed by atoms with Gasteiger partial charge in [0.15, 0.2) is 0 Å². The third-order valence-electron chi connectivity index (χ3n) is 6.36. The number of alkyl halides is 3. The molecule has 3 heterocycles. The average Bonchev–Trinajstić information content (AvgIpc) is 3.24. The lowest BCUT2D eigenvalue weighted by molar-refractivity contribution is -0.136. The van der Waals surface area contributed by atoms with E-state index in [1.807, 2.05) is 18.7 Å². The van der Waals surface area contributed by atoms with Crippen molar-refractivity contribution in [1.82, 2.24) is 19.4 Å². The first-order valence-electron chi connectivity index (χ1n) is 10.7. The second-order valence-electron chi connectivity index (χ2n) is 9.41. The van der Waals surface area contributed by atoms with Crippen molar-refractivity contribution in [3.05, 3.63) is 31.3 Å². The molecule has 1 aliphatic carbocycles. The van der Waals surface area contributed by atoms with Crippen LogP contribution in [0.25, 0.3) is 10.2 Å². The highest BCUT2D eigenvalue weighted by Crippen LogP contribution is 2.47. The Morgan fingerprint density at radius 3 is 2.61 bits per heavy atom. The molecule has 0 amide bonds. The quantitative estimate of drug-likeness (QED) is 0.661. The summed E-state index contributed by atoms with van der Waals surface area (Å²) in [7, 11) is 0. The molecule has 178 valence electrons. The van der Waals surface area contributed by atoms with Crippen LogP contribution in [0.2, 0.25) is 0 Å². The van der Waals surface area contributed by atoms with Crippen molar-refractivity contribution in [1.29, 1.82) is 5.26 Å². The van der Waals surface area contributed by atoms with Crippen LogP contribution >= 0.6 is 11.3 Å². The van der Waals surface area contributed by atoms with Crippen molar-refractivity contribution in [3.63, 3.8) is 0 Å². The first-order valence-corrected chi connectivity index (χ1v) is 11.5. The fourth-order valence-electron chi connectivity index (χ4n) is 4.72. The summed E-state index contributed by atoms with van der Waals surface area (Å²) in [6, 6.07) is -0.318. The molecule has 1 aliphatic heterocycles. The van der Waals surface area contributed by atoms with Crippen LogP contribution in [0.5, 0.6) is 0 Å². The molecule has 0 spiro atoms. The van der Waals surface area contributed by atoms with Crippen LogP contribution in [0.3, 0.4) is 0 Å². The summed E-state index contributed by atoms with van der Waals surface area (Å²) in [5, 5.41) is 12.2. The monoisotopic (exact) mass is 482 g/mol. The number of nitrogens with zero attached hydrogens (tertiary/aromatic N) is 5. The molecular weight excluding hydrogens is 457 g/mol. The fourth-order valence-corrected chi connectivity index (χ4v) is 6.05. The number of aromatic nitrogens is 2. The number of fused-ring (bicyclic) bond motifs is 1. The molecule has 1 N–H and O–H groups in total. The molecule has 4 rings (SSSR count). The van der Waals surface area contributed by atoms with E-state index in [9.17, 15) is 22.8 Å². The average molecular weight is 483 g/mol. The smallest absolute Gasteiger partial charge is 0.354 e. The lowest BCUT2D eigenvalue weighted by Gasteiger charge is -2.43. The number of hydrogen-bond donors (Lipinski definition) is 1. The zero-order valence-electron chi connectivity index (χ0n) is 18.6. The number of hydrogen-bond acceptors (Lipinski definition) is 5. The molecule has 0 radical (unpaired) electrons. The normalized spacial score (nSPS) is 19.7. The summed E-state index contributed by atoms with van der Waals surface area (Å²) < 4.78 is 41.4. The largest absolute Gasteiger partial charge is 0.390 e. The van der Waals surface area contributed by atoms with E-state index < -0.39 is 30.4 Å². The Morgan fingerprint density at radius 2 is 2.00 bits per heavy atom. The molecular formula is C21H25F3N6O2S. The van der Waals surface area contributed by atoms with Gasteiger partial charge in [0, 0.05) is 30.6 Å². The number of nitriles is 1. The molecule has 2 aromatic heterocycles. The predicted octanol–water partition coefficient (Wildman–Crippen LogP) is 3.09. The van der Waals surface area contributed by atoms with Crippen LogP contribution in [-0.2, 0) is 13.1 Å². The minimum absolute atomic E-state index is 0.0175. The Hall–Kier alpha value is -2.81. The zero-order valence-corrected chi connectivity index (χ0v) is 19.4. The first kappa shape index (κ1) is 23.4. The molecule has 0 bridgehead atoms. The van der Waals surface area contributed by atoms with E-state index >= 15 is 0 Å². The maximum Gasteiger partial charge on any atom is 0.390 e. The maximum absolute atomic E-state index is 13.4. The standard InChI is InChI=1S/C21H25F3N6O2S/c1-12-14(10-28-7-5-26-18(28)27-11-25)33-17-15(12)16(31)30(13-8-20(2,3)9-13)19(32)29(17)6-4-21(22,23)24/h13H,4-10H2,1-3H3,(H,26,27). The van der Waals surface area contributed by atoms with E-state index in [0.717, 1.165) is 25.3 Å². The Kier molecular flexibility index (Phi) is 5.80. The van der Waals surface area contributed by atoms with Crippen molar-refractivity contribution in [3.8, 4) is 6.19 Å².